The summed E-state index contributed by atoms with van der Waals surface area (Å²) >= 11 is 0. The first-order valence-corrected chi connectivity index (χ1v) is 8.72. The number of phenols is 1. The van der Waals surface area contributed by atoms with Crippen LogP contribution in [0.4, 0.5) is 5.69 Å². The number of aromatic hydroxyl groups is 1. The van der Waals surface area contributed by atoms with Gasteiger partial charge in [0.1, 0.15) is 0 Å². The molecule has 1 fully saturated rings. The lowest BCUT2D eigenvalue weighted by atomic mass is 10.1. The van der Waals surface area contributed by atoms with Crippen LogP contribution >= 0.6 is 0 Å². The van der Waals surface area contributed by atoms with Crippen molar-refractivity contribution in [2.24, 2.45) is 0 Å². The zero-order chi connectivity index (χ0) is 19.2. The molecule has 1 aliphatic heterocycles. The van der Waals surface area contributed by atoms with Crippen LogP contribution in [0.25, 0.3) is 6.08 Å². The standard InChI is InChI=1S/C21H23NO5/c1-25-19-13-15(14-20(26-2)21(19)24)3-8-18(23)16-4-6-17(7-5-16)22-9-11-27-12-10-22/h3-8,13-14,24H,9-12H2,1-2H3. The van der Waals surface area contributed by atoms with Gasteiger partial charge in [-0.1, -0.05) is 6.08 Å². The topological polar surface area (TPSA) is 68.2 Å². The van der Waals surface area contributed by atoms with E-state index in [9.17, 15) is 9.90 Å². The second-order valence-electron chi connectivity index (χ2n) is 6.12. The number of morpholine rings is 1. The average Bonchev–Trinajstić information content (AvgIpc) is 2.73. The normalized spacial score (nSPS) is 14.4. The van der Waals surface area contributed by atoms with Crippen molar-refractivity contribution in [2.75, 3.05) is 45.4 Å². The van der Waals surface area contributed by atoms with E-state index in [2.05, 4.69) is 4.90 Å². The maximum Gasteiger partial charge on any atom is 0.200 e. The Kier molecular flexibility index (Phi) is 5.98. The molecule has 0 aliphatic carbocycles. The van der Waals surface area contributed by atoms with Gasteiger partial charge < -0.3 is 24.2 Å². The molecule has 142 valence electrons. The van der Waals surface area contributed by atoms with E-state index in [1.54, 1.807) is 18.2 Å². The third-order valence-corrected chi connectivity index (χ3v) is 4.46. The molecule has 0 aromatic heterocycles. The smallest absolute Gasteiger partial charge is 0.200 e. The first-order valence-electron chi connectivity index (χ1n) is 8.72. The van der Waals surface area contributed by atoms with Crippen molar-refractivity contribution in [3.63, 3.8) is 0 Å². The number of ketones is 1. The number of rotatable bonds is 6. The molecular weight excluding hydrogens is 346 g/mol. The highest BCUT2D eigenvalue weighted by molar-refractivity contribution is 6.07. The quantitative estimate of drug-likeness (QED) is 0.623. The molecule has 6 heteroatoms. The van der Waals surface area contributed by atoms with Gasteiger partial charge in [0.05, 0.1) is 27.4 Å². The predicted molar refractivity (Wildman–Crippen MR) is 104 cm³/mol. The summed E-state index contributed by atoms with van der Waals surface area (Å²) in [6.45, 7) is 3.17. The van der Waals surface area contributed by atoms with Crippen molar-refractivity contribution >= 4 is 17.5 Å². The van der Waals surface area contributed by atoms with Gasteiger partial charge in [-0.15, -0.1) is 0 Å². The molecule has 6 nitrogen and oxygen atoms in total. The summed E-state index contributed by atoms with van der Waals surface area (Å²) in [5.74, 6) is 0.407. The minimum atomic E-state index is -0.102. The average molecular weight is 369 g/mol. The Bertz CT molecular complexity index is 798. The van der Waals surface area contributed by atoms with Crippen LogP contribution in [0.1, 0.15) is 15.9 Å². The Hall–Kier alpha value is -2.99. The van der Waals surface area contributed by atoms with E-state index in [1.807, 2.05) is 24.3 Å². The van der Waals surface area contributed by atoms with Crippen molar-refractivity contribution in [3.05, 3.63) is 53.6 Å². The van der Waals surface area contributed by atoms with E-state index in [1.165, 1.54) is 20.3 Å². The van der Waals surface area contributed by atoms with Gasteiger partial charge in [-0.3, -0.25) is 4.79 Å². The van der Waals surface area contributed by atoms with Crippen molar-refractivity contribution in [1.29, 1.82) is 0 Å². The monoisotopic (exact) mass is 369 g/mol. The fraction of sp³-hybridized carbons (Fsp3) is 0.286. The zero-order valence-electron chi connectivity index (χ0n) is 15.5. The number of nitrogens with zero attached hydrogens (tertiary/aromatic N) is 1. The van der Waals surface area contributed by atoms with Crippen LogP contribution < -0.4 is 14.4 Å². The van der Waals surface area contributed by atoms with E-state index in [0.29, 0.717) is 11.1 Å². The maximum absolute atomic E-state index is 12.4. The Balaban J connectivity index is 1.73. The highest BCUT2D eigenvalue weighted by Crippen LogP contribution is 2.37. The summed E-state index contributed by atoms with van der Waals surface area (Å²) in [5, 5.41) is 9.95. The molecule has 0 bridgehead atoms. The molecule has 0 amide bonds. The highest BCUT2D eigenvalue weighted by Gasteiger charge is 2.12. The molecule has 0 radical (unpaired) electrons. The lowest BCUT2D eigenvalue weighted by molar-refractivity contribution is 0.104. The van der Waals surface area contributed by atoms with Crippen LogP contribution in [0, 0.1) is 0 Å². The Morgan fingerprint density at radius 3 is 2.22 bits per heavy atom. The van der Waals surface area contributed by atoms with Crippen LogP contribution in [0.2, 0.25) is 0 Å². The number of phenolic OH excluding ortho intramolecular Hbond substituents is 1. The van der Waals surface area contributed by atoms with Crippen LogP contribution in [-0.4, -0.2) is 51.4 Å². The van der Waals surface area contributed by atoms with E-state index >= 15 is 0 Å². The number of hydrogen-bond acceptors (Lipinski definition) is 6. The first-order chi connectivity index (χ1) is 13.1. The van der Waals surface area contributed by atoms with Crippen molar-refractivity contribution < 1.29 is 24.1 Å². The van der Waals surface area contributed by atoms with Crippen molar-refractivity contribution in [2.45, 2.75) is 0 Å². The summed E-state index contributed by atoms with van der Waals surface area (Å²) in [4.78, 5) is 14.7. The third-order valence-electron chi connectivity index (χ3n) is 4.46. The summed E-state index contributed by atoms with van der Waals surface area (Å²) in [7, 11) is 2.92. The molecule has 0 atom stereocenters. The van der Waals surface area contributed by atoms with E-state index < -0.39 is 0 Å². The number of benzene rings is 2. The summed E-state index contributed by atoms with van der Waals surface area (Å²) in [5.41, 5.74) is 2.40. The Labute approximate surface area is 158 Å². The maximum atomic E-state index is 12.4. The number of allylic oxidation sites excluding steroid dienone is 1. The molecule has 2 aromatic carbocycles. The minimum Gasteiger partial charge on any atom is -0.502 e. The van der Waals surface area contributed by atoms with Gasteiger partial charge in [0, 0.05) is 24.3 Å². The molecule has 3 rings (SSSR count). The summed E-state index contributed by atoms with van der Waals surface area (Å²) in [6.07, 6.45) is 3.16. The van der Waals surface area contributed by atoms with Crippen LogP contribution in [0.3, 0.4) is 0 Å². The molecular formula is C21H23NO5. The molecule has 0 unspecified atom stereocenters. The lowest BCUT2D eigenvalue weighted by Crippen LogP contribution is -2.36. The molecule has 2 aromatic rings. The van der Waals surface area contributed by atoms with Gasteiger partial charge >= 0.3 is 0 Å². The third kappa shape index (κ3) is 4.41. The molecule has 0 spiro atoms. The number of carbonyl (C=O) groups is 1. The van der Waals surface area contributed by atoms with Crippen LogP contribution in [0.15, 0.2) is 42.5 Å². The predicted octanol–water partition coefficient (Wildman–Crippen LogP) is 3.14. The fourth-order valence-electron chi connectivity index (χ4n) is 2.94. The number of hydrogen-bond donors (Lipinski definition) is 1. The van der Waals surface area contributed by atoms with Gasteiger partial charge in [-0.05, 0) is 48.0 Å². The summed E-state index contributed by atoms with van der Waals surface area (Å²) < 4.78 is 15.6. The van der Waals surface area contributed by atoms with Crippen LogP contribution in [0.5, 0.6) is 17.2 Å². The molecule has 1 heterocycles. The van der Waals surface area contributed by atoms with E-state index in [4.69, 9.17) is 14.2 Å². The minimum absolute atomic E-state index is 0.0674. The first kappa shape index (κ1) is 18.8. The number of anilines is 1. The second kappa shape index (κ2) is 8.60. The largest absolute Gasteiger partial charge is 0.502 e. The summed E-state index contributed by atoms with van der Waals surface area (Å²) in [6, 6.07) is 10.9. The zero-order valence-corrected chi connectivity index (χ0v) is 15.5. The highest BCUT2D eigenvalue weighted by atomic mass is 16.5. The molecule has 0 saturated carbocycles. The van der Waals surface area contributed by atoms with Gasteiger partial charge in [-0.25, -0.2) is 0 Å². The fourth-order valence-corrected chi connectivity index (χ4v) is 2.94. The SMILES string of the molecule is COc1cc(C=CC(=O)c2ccc(N3CCOCC3)cc2)cc(OC)c1O. The van der Waals surface area contributed by atoms with Gasteiger partial charge in [0.15, 0.2) is 17.3 Å². The molecule has 1 saturated heterocycles. The van der Waals surface area contributed by atoms with Gasteiger partial charge in [0.25, 0.3) is 0 Å². The number of carbonyl (C=O) groups excluding carboxylic acids is 1. The van der Waals surface area contributed by atoms with Gasteiger partial charge in [-0.2, -0.15) is 0 Å². The molecule has 27 heavy (non-hydrogen) atoms. The van der Waals surface area contributed by atoms with Crippen LogP contribution in [-0.2, 0) is 4.74 Å². The van der Waals surface area contributed by atoms with Gasteiger partial charge in [0.2, 0.25) is 5.75 Å². The molecule has 1 aliphatic rings. The van der Waals surface area contributed by atoms with Crippen molar-refractivity contribution in [3.8, 4) is 17.2 Å². The molecule has 1 N–H and O–H groups in total. The number of methoxy groups -OCH3 is 2. The van der Waals surface area contributed by atoms with E-state index in [-0.39, 0.29) is 23.0 Å². The second-order valence-corrected chi connectivity index (χ2v) is 6.12. The number of ether oxygens (including phenoxy) is 3. The Morgan fingerprint density at radius 1 is 1.07 bits per heavy atom. The lowest BCUT2D eigenvalue weighted by Gasteiger charge is -2.28. The van der Waals surface area contributed by atoms with E-state index in [0.717, 1.165) is 32.0 Å². The van der Waals surface area contributed by atoms with Crippen molar-refractivity contribution in [1.82, 2.24) is 0 Å². The Morgan fingerprint density at radius 2 is 1.67 bits per heavy atom.